The Labute approximate surface area is 179 Å². The van der Waals surface area contributed by atoms with Crippen molar-refractivity contribution in [3.8, 4) is 0 Å². The molecule has 1 aliphatic carbocycles. The van der Waals surface area contributed by atoms with Gasteiger partial charge in [0.25, 0.3) is 0 Å². The summed E-state index contributed by atoms with van der Waals surface area (Å²) < 4.78 is 0. The zero-order valence-electron chi connectivity index (χ0n) is 16.9. The minimum atomic E-state index is -0.0438. The summed E-state index contributed by atoms with van der Waals surface area (Å²) >= 11 is 1.58. The first kappa shape index (κ1) is 20.3. The molecular weight excluding hydrogens is 398 g/mol. The Bertz CT molecular complexity index is 1010. The lowest BCUT2D eigenvalue weighted by atomic mass is 9.78. The van der Waals surface area contributed by atoms with E-state index in [1.165, 1.54) is 0 Å². The molecule has 0 unspecified atom stereocenters. The Morgan fingerprint density at radius 3 is 2.73 bits per heavy atom. The Morgan fingerprint density at radius 2 is 2.00 bits per heavy atom. The van der Waals surface area contributed by atoms with E-state index >= 15 is 0 Å². The summed E-state index contributed by atoms with van der Waals surface area (Å²) in [5, 5.41) is 13.2. The quantitative estimate of drug-likeness (QED) is 0.517. The van der Waals surface area contributed by atoms with Crippen molar-refractivity contribution in [1.82, 2.24) is 20.5 Å². The van der Waals surface area contributed by atoms with Crippen LogP contribution in [0.5, 0.6) is 0 Å². The molecule has 30 heavy (non-hydrogen) atoms. The summed E-state index contributed by atoms with van der Waals surface area (Å²) in [6.07, 6.45) is 3.24. The van der Waals surface area contributed by atoms with Crippen LogP contribution in [0, 0.1) is 6.92 Å². The van der Waals surface area contributed by atoms with Gasteiger partial charge < -0.3 is 10.6 Å². The van der Waals surface area contributed by atoms with Crippen molar-refractivity contribution >= 4 is 29.0 Å². The maximum Gasteiger partial charge on any atom is 0.225 e. The van der Waals surface area contributed by atoms with E-state index in [0.717, 1.165) is 34.7 Å². The Hall–Kier alpha value is -3.00. The van der Waals surface area contributed by atoms with E-state index < -0.39 is 0 Å². The fourth-order valence-corrected chi connectivity index (χ4v) is 4.43. The molecule has 4 rings (SSSR count). The van der Waals surface area contributed by atoms with E-state index in [2.05, 4.69) is 25.8 Å². The van der Waals surface area contributed by atoms with Gasteiger partial charge in [-0.3, -0.25) is 14.7 Å². The fourth-order valence-electron chi connectivity index (χ4n) is 3.65. The molecule has 2 heterocycles. The number of carbonyl (C=O) groups is 2. The van der Waals surface area contributed by atoms with Crippen LogP contribution in [-0.2, 0) is 22.4 Å². The summed E-state index contributed by atoms with van der Waals surface area (Å²) in [6.45, 7) is 1.96. The topological polar surface area (TPSA) is 99.8 Å². The van der Waals surface area contributed by atoms with Gasteiger partial charge in [-0.05, 0) is 31.7 Å². The smallest absolute Gasteiger partial charge is 0.225 e. The molecule has 1 saturated carbocycles. The van der Waals surface area contributed by atoms with Crippen LogP contribution in [0.3, 0.4) is 0 Å². The molecule has 1 aliphatic rings. The number of carbonyl (C=O) groups excluding carboxylic acids is 2. The average molecular weight is 424 g/mol. The SMILES string of the molecule is Cc1ncsc1CCC(=O)Nc1cc([C@H]2C[C@@H](NC(=O)Cc3ccccc3)C2)n[nH]1. The number of H-pyrrole nitrogens is 1. The molecule has 0 spiro atoms. The third-order valence-electron chi connectivity index (χ3n) is 5.42. The normalized spacial score (nSPS) is 17.9. The number of anilines is 1. The highest BCUT2D eigenvalue weighted by Gasteiger charge is 2.33. The zero-order chi connectivity index (χ0) is 20.9. The number of rotatable bonds is 8. The molecule has 8 heteroatoms. The molecule has 0 aliphatic heterocycles. The molecule has 0 atom stereocenters. The van der Waals surface area contributed by atoms with Crippen molar-refractivity contribution in [2.75, 3.05) is 5.32 Å². The first-order valence-corrected chi connectivity index (χ1v) is 11.0. The molecule has 1 aromatic carbocycles. The maximum atomic E-state index is 12.2. The maximum absolute atomic E-state index is 12.2. The largest absolute Gasteiger partial charge is 0.353 e. The summed E-state index contributed by atoms with van der Waals surface area (Å²) in [6, 6.07) is 11.8. The third kappa shape index (κ3) is 5.13. The van der Waals surface area contributed by atoms with Gasteiger partial charge in [0.15, 0.2) is 0 Å². The number of benzene rings is 1. The number of aromatic amines is 1. The molecule has 0 radical (unpaired) electrons. The van der Waals surface area contributed by atoms with Crippen molar-refractivity contribution in [2.45, 2.75) is 51.0 Å². The molecule has 0 saturated heterocycles. The Kier molecular flexibility index (Phi) is 6.23. The van der Waals surface area contributed by atoms with Crippen molar-refractivity contribution < 1.29 is 9.59 Å². The molecule has 0 bridgehead atoms. The lowest BCUT2D eigenvalue weighted by molar-refractivity contribution is -0.121. The summed E-state index contributed by atoms with van der Waals surface area (Å²) in [5.41, 5.74) is 4.74. The summed E-state index contributed by atoms with van der Waals surface area (Å²) in [5.74, 6) is 0.926. The van der Waals surface area contributed by atoms with Crippen LogP contribution < -0.4 is 10.6 Å². The van der Waals surface area contributed by atoms with Crippen molar-refractivity contribution in [3.63, 3.8) is 0 Å². The monoisotopic (exact) mass is 423 g/mol. The predicted octanol–water partition coefficient (Wildman–Crippen LogP) is 3.35. The minimum Gasteiger partial charge on any atom is -0.353 e. The number of aromatic nitrogens is 3. The highest BCUT2D eigenvalue weighted by molar-refractivity contribution is 7.09. The Morgan fingerprint density at radius 1 is 1.20 bits per heavy atom. The second-order valence-electron chi connectivity index (χ2n) is 7.71. The first-order chi connectivity index (χ1) is 14.6. The number of aryl methyl sites for hydroxylation is 2. The second-order valence-corrected chi connectivity index (χ2v) is 8.65. The lowest BCUT2D eigenvalue weighted by Crippen LogP contribution is -2.44. The van der Waals surface area contributed by atoms with Gasteiger partial charge in [-0.1, -0.05) is 30.3 Å². The van der Waals surface area contributed by atoms with Crippen LogP contribution in [0.25, 0.3) is 0 Å². The van der Waals surface area contributed by atoms with Crippen LogP contribution in [0.4, 0.5) is 5.82 Å². The second kappa shape index (κ2) is 9.21. The lowest BCUT2D eigenvalue weighted by Gasteiger charge is -2.34. The van der Waals surface area contributed by atoms with Gasteiger partial charge in [0.1, 0.15) is 5.82 Å². The van der Waals surface area contributed by atoms with Crippen LogP contribution in [-0.4, -0.2) is 33.0 Å². The molecular formula is C22H25N5O2S. The predicted molar refractivity (Wildman–Crippen MR) is 116 cm³/mol. The van der Waals surface area contributed by atoms with Gasteiger partial charge in [0, 0.05) is 29.3 Å². The number of amides is 2. The third-order valence-corrected chi connectivity index (χ3v) is 6.42. The van der Waals surface area contributed by atoms with E-state index in [9.17, 15) is 9.59 Å². The summed E-state index contributed by atoms with van der Waals surface area (Å²) in [7, 11) is 0. The first-order valence-electron chi connectivity index (χ1n) is 10.1. The molecule has 1 fully saturated rings. The van der Waals surface area contributed by atoms with Gasteiger partial charge >= 0.3 is 0 Å². The number of nitrogens with one attached hydrogen (secondary N) is 3. The van der Waals surface area contributed by atoms with E-state index in [1.54, 1.807) is 16.8 Å². The van der Waals surface area contributed by atoms with Crippen LogP contribution in [0.2, 0.25) is 0 Å². The number of hydrogen-bond donors (Lipinski definition) is 3. The molecule has 2 aromatic heterocycles. The van der Waals surface area contributed by atoms with Crippen molar-refractivity contribution in [3.05, 3.63) is 63.7 Å². The molecule has 2 amide bonds. The average Bonchev–Trinajstić information content (AvgIpc) is 3.32. The number of hydrogen-bond acceptors (Lipinski definition) is 5. The van der Waals surface area contributed by atoms with Gasteiger partial charge in [0.05, 0.1) is 23.3 Å². The van der Waals surface area contributed by atoms with Crippen molar-refractivity contribution in [2.24, 2.45) is 0 Å². The number of nitrogens with zero attached hydrogens (tertiary/aromatic N) is 2. The van der Waals surface area contributed by atoms with Gasteiger partial charge in [-0.25, -0.2) is 4.98 Å². The molecule has 3 aromatic rings. The molecule has 3 N–H and O–H groups in total. The zero-order valence-corrected chi connectivity index (χ0v) is 17.7. The van der Waals surface area contributed by atoms with Gasteiger partial charge in [-0.15, -0.1) is 11.3 Å². The highest BCUT2D eigenvalue weighted by Crippen LogP contribution is 2.36. The van der Waals surface area contributed by atoms with Crippen LogP contribution in [0.1, 0.15) is 47.0 Å². The van der Waals surface area contributed by atoms with Crippen molar-refractivity contribution in [1.29, 1.82) is 0 Å². The molecule has 156 valence electrons. The fraction of sp³-hybridized carbons (Fsp3) is 0.364. The number of thiazole rings is 1. The van der Waals surface area contributed by atoms with Crippen LogP contribution in [0.15, 0.2) is 41.9 Å². The summed E-state index contributed by atoms with van der Waals surface area (Å²) in [4.78, 5) is 29.7. The van der Waals surface area contributed by atoms with E-state index in [4.69, 9.17) is 0 Å². The molecule has 7 nitrogen and oxygen atoms in total. The van der Waals surface area contributed by atoms with Gasteiger partial charge in [0.2, 0.25) is 11.8 Å². The van der Waals surface area contributed by atoms with E-state index in [0.29, 0.717) is 31.0 Å². The minimum absolute atomic E-state index is 0.0438. The Balaban J connectivity index is 1.19. The van der Waals surface area contributed by atoms with E-state index in [1.807, 2.05) is 43.3 Å². The standard InChI is InChI=1S/C22H25N5O2S/c1-14-19(30-13-23-14)7-8-21(28)25-20-12-18(26-27-20)16-10-17(11-16)24-22(29)9-15-5-3-2-4-6-15/h2-6,12-13,16-17H,7-11H2,1H3,(H,24,29)(H2,25,26,27,28)/t16-,17+. The van der Waals surface area contributed by atoms with E-state index in [-0.39, 0.29) is 17.9 Å². The van der Waals surface area contributed by atoms with Gasteiger partial charge in [-0.2, -0.15) is 5.10 Å². The highest BCUT2D eigenvalue weighted by atomic mass is 32.1. The van der Waals surface area contributed by atoms with Crippen LogP contribution >= 0.6 is 11.3 Å².